The molecule has 1 aliphatic rings. The highest BCUT2D eigenvalue weighted by atomic mass is 19.4. The maximum absolute atomic E-state index is 12.6. The summed E-state index contributed by atoms with van der Waals surface area (Å²) in [4.78, 5) is 0. The second-order valence-electron chi connectivity index (χ2n) is 6.54. The molecule has 0 radical (unpaired) electrons. The average Bonchev–Trinajstić information content (AvgIpc) is 2.61. The third-order valence-electron chi connectivity index (χ3n) is 4.79. The molecule has 2 rings (SSSR count). The van der Waals surface area contributed by atoms with Crippen molar-refractivity contribution in [3.63, 3.8) is 0 Å². The topological polar surface area (TPSA) is 20.2 Å². The van der Waals surface area contributed by atoms with Gasteiger partial charge in [-0.15, -0.1) is 0 Å². The summed E-state index contributed by atoms with van der Waals surface area (Å²) in [5.74, 6) is 1.17. The van der Waals surface area contributed by atoms with Gasteiger partial charge in [0.05, 0.1) is 11.2 Å². The van der Waals surface area contributed by atoms with Crippen LogP contribution in [0, 0.1) is 11.8 Å². The predicted molar refractivity (Wildman–Crippen MR) is 76.8 cm³/mol. The largest absolute Gasteiger partial charge is 0.416 e. The van der Waals surface area contributed by atoms with Gasteiger partial charge in [0.25, 0.3) is 0 Å². The van der Waals surface area contributed by atoms with Crippen LogP contribution < -0.4 is 0 Å². The van der Waals surface area contributed by atoms with E-state index >= 15 is 0 Å². The van der Waals surface area contributed by atoms with E-state index in [9.17, 15) is 18.3 Å². The molecule has 2 unspecified atom stereocenters. The number of aliphatic hydroxyl groups is 1. The van der Waals surface area contributed by atoms with Gasteiger partial charge in [0.2, 0.25) is 0 Å². The van der Waals surface area contributed by atoms with E-state index in [1.807, 2.05) is 0 Å². The molecular weight excluding hydrogens is 277 g/mol. The number of halogens is 3. The van der Waals surface area contributed by atoms with Crippen molar-refractivity contribution in [3.05, 3.63) is 35.4 Å². The quantitative estimate of drug-likeness (QED) is 0.751. The highest BCUT2D eigenvalue weighted by Gasteiger charge is 2.35. The maximum Gasteiger partial charge on any atom is 0.416 e. The first-order chi connectivity index (χ1) is 9.72. The predicted octanol–water partition coefficient (Wildman–Crippen LogP) is 5.13. The molecule has 0 saturated heterocycles. The van der Waals surface area contributed by atoms with Crippen LogP contribution in [0.2, 0.25) is 0 Å². The highest BCUT2D eigenvalue weighted by molar-refractivity contribution is 5.29. The zero-order valence-electron chi connectivity index (χ0n) is 12.6. The molecule has 2 atom stereocenters. The molecule has 0 aromatic heterocycles. The Morgan fingerprint density at radius 3 is 2.24 bits per heavy atom. The summed E-state index contributed by atoms with van der Waals surface area (Å²) in [7, 11) is 0. The Morgan fingerprint density at radius 1 is 1.10 bits per heavy atom. The molecule has 1 nitrogen and oxygen atoms in total. The van der Waals surface area contributed by atoms with Crippen LogP contribution in [0.1, 0.15) is 57.1 Å². The van der Waals surface area contributed by atoms with E-state index in [0.717, 1.165) is 31.4 Å². The molecule has 1 saturated carbocycles. The van der Waals surface area contributed by atoms with Crippen molar-refractivity contribution in [1.82, 2.24) is 0 Å². The maximum atomic E-state index is 12.6. The lowest BCUT2D eigenvalue weighted by atomic mass is 9.84. The van der Waals surface area contributed by atoms with E-state index < -0.39 is 17.3 Å². The minimum absolute atomic E-state index is 0.583. The SMILES string of the molecule is CC(C)C1CCCC(O)(c2ccc(C(F)(F)F)cc2)CC1. The molecule has 21 heavy (non-hydrogen) atoms. The minimum Gasteiger partial charge on any atom is -0.385 e. The fraction of sp³-hybridized carbons (Fsp3) is 0.647. The van der Waals surface area contributed by atoms with Crippen molar-refractivity contribution < 1.29 is 18.3 Å². The summed E-state index contributed by atoms with van der Waals surface area (Å²) in [6.45, 7) is 4.38. The molecule has 1 fully saturated rings. The number of benzene rings is 1. The van der Waals surface area contributed by atoms with Gasteiger partial charge in [0.1, 0.15) is 0 Å². The fourth-order valence-corrected chi connectivity index (χ4v) is 3.27. The number of hydrogen-bond acceptors (Lipinski definition) is 1. The third kappa shape index (κ3) is 3.79. The minimum atomic E-state index is -4.33. The Kier molecular flexibility index (Phi) is 4.66. The fourth-order valence-electron chi connectivity index (χ4n) is 3.27. The monoisotopic (exact) mass is 300 g/mol. The Hall–Kier alpha value is -1.03. The molecule has 0 amide bonds. The van der Waals surface area contributed by atoms with E-state index in [0.29, 0.717) is 30.2 Å². The molecule has 1 N–H and O–H groups in total. The second-order valence-corrected chi connectivity index (χ2v) is 6.54. The van der Waals surface area contributed by atoms with E-state index in [-0.39, 0.29) is 0 Å². The van der Waals surface area contributed by atoms with Crippen molar-refractivity contribution in [1.29, 1.82) is 0 Å². The van der Waals surface area contributed by atoms with Crippen LogP contribution in [0.4, 0.5) is 13.2 Å². The Bertz CT molecular complexity index is 464. The lowest BCUT2D eigenvalue weighted by Gasteiger charge is -2.28. The average molecular weight is 300 g/mol. The molecule has 1 aromatic rings. The van der Waals surface area contributed by atoms with Crippen molar-refractivity contribution in [2.75, 3.05) is 0 Å². The van der Waals surface area contributed by atoms with Gasteiger partial charge in [0, 0.05) is 0 Å². The van der Waals surface area contributed by atoms with Crippen molar-refractivity contribution >= 4 is 0 Å². The number of alkyl halides is 3. The molecule has 0 spiro atoms. The van der Waals surface area contributed by atoms with E-state index in [2.05, 4.69) is 13.8 Å². The van der Waals surface area contributed by atoms with Crippen LogP contribution in [0.15, 0.2) is 24.3 Å². The number of rotatable bonds is 2. The number of hydrogen-bond donors (Lipinski definition) is 1. The van der Waals surface area contributed by atoms with E-state index in [1.165, 1.54) is 12.1 Å². The first-order valence-corrected chi connectivity index (χ1v) is 7.62. The van der Waals surface area contributed by atoms with Crippen molar-refractivity contribution in [2.45, 2.75) is 57.7 Å². The molecule has 0 bridgehead atoms. The molecule has 1 aromatic carbocycles. The second kappa shape index (κ2) is 5.99. The molecule has 4 heteroatoms. The summed E-state index contributed by atoms with van der Waals surface area (Å²) in [5.41, 5.74) is -1.03. The van der Waals surface area contributed by atoms with Gasteiger partial charge in [-0.05, 0) is 55.2 Å². The molecule has 0 aliphatic heterocycles. The Balaban J connectivity index is 2.16. The zero-order chi connectivity index (χ0) is 15.7. The summed E-state index contributed by atoms with van der Waals surface area (Å²) in [6.07, 6.45) is -0.147. The highest BCUT2D eigenvalue weighted by Crippen LogP contribution is 2.40. The van der Waals surface area contributed by atoms with E-state index in [1.54, 1.807) is 0 Å². The normalized spacial score (nSPS) is 27.7. The first kappa shape index (κ1) is 16.3. The van der Waals surface area contributed by atoms with Gasteiger partial charge in [-0.2, -0.15) is 13.2 Å². The van der Waals surface area contributed by atoms with Crippen molar-refractivity contribution in [3.8, 4) is 0 Å². The Labute approximate surface area is 124 Å². The van der Waals surface area contributed by atoms with E-state index in [4.69, 9.17) is 0 Å². The molecule has 0 heterocycles. The lowest BCUT2D eigenvalue weighted by Crippen LogP contribution is -2.25. The van der Waals surface area contributed by atoms with Crippen molar-refractivity contribution in [2.24, 2.45) is 11.8 Å². The summed E-state index contributed by atoms with van der Waals surface area (Å²) >= 11 is 0. The van der Waals surface area contributed by atoms with Crippen LogP contribution in [-0.2, 0) is 11.8 Å². The van der Waals surface area contributed by atoms with Crippen LogP contribution in [0.5, 0.6) is 0 Å². The third-order valence-corrected chi connectivity index (χ3v) is 4.79. The van der Waals surface area contributed by atoms with Gasteiger partial charge in [-0.3, -0.25) is 0 Å². The van der Waals surface area contributed by atoms with Gasteiger partial charge in [0.15, 0.2) is 0 Å². The summed E-state index contributed by atoms with van der Waals surface area (Å²) < 4.78 is 37.8. The van der Waals surface area contributed by atoms with Gasteiger partial charge in [-0.25, -0.2) is 0 Å². The van der Waals surface area contributed by atoms with Gasteiger partial charge >= 0.3 is 6.18 Å². The van der Waals surface area contributed by atoms with Crippen LogP contribution >= 0.6 is 0 Å². The standard InChI is InChI=1S/C17H23F3O/c1-12(2)13-4-3-10-16(21,11-9-13)14-5-7-15(8-6-14)17(18,19)20/h5-8,12-13,21H,3-4,9-11H2,1-2H3. The van der Waals surface area contributed by atoms with Crippen LogP contribution in [-0.4, -0.2) is 5.11 Å². The first-order valence-electron chi connectivity index (χ1n) is 7.62. The van der Waals surface area contributed by atoms with Crippen LogP contribution in [0.3, 0.4) is 0 Å². The van der Waals surface area contributed by atoms with Gasteiger partial charge < -0.3 is 5.11 Å². The molecule has 1 aliphatic carbocycles. The zero-order valence-corrected chi connectivity index (χ0v) is 12.6. The molecule has 118 valence electrons. The summed E-state index contributed by atoms with van der Waals surface area (Å²) in [5, 5.41) is 10.8. The van der Waals surface area contributed by atoms with Crippen LogP contribution in [0.25, 0.3) is 0 Å². The lowest BCUT2D eigenvalue weighted by molar-refractivity contribution is -0.137. The molecular formula is C17H23F3O. The Morgan fingerprint density at radius 2 is 1.71 bits per heavy atom. The van der Waals surface area contributed by atoms with Gasteiger partial charge in [-0.1, -0.05) is 32.4 Å². The smallest absolute Gasteiger partial charge is 0.385 e. The summed E-state index contributed by atoms with van der Waals surface area (Å²) in [6, 6.07) is 4.99.